The van der Waals surface area contributed by atoms with Crippen molar-refractivity contribution in [2.75, 3.05) is 19.6 Å². The second-order valence-corrected chi connectivity index (χ2v) is 8.09. The Morgan fingerprint density at radius 1 is 1.13 bits per heavy atom. The van der Waals surface area contributed by atoms with E-state index in [0.717, 1.165) is 35.7 Å². The van der Waals surface area contributed by atoms with Gasteiger partial charge in [-0.15, -0.1) is 0 Å². The largest absolute Gasteiger partial charge is 0.370 e. The Kier molecular flexibility index (Phi) is 6.65. The number of nitrogens with zero attached hydrogens (tertiary/aromatic N) is 3. The van der Waals surface area contributed by atoms with Crippen LogP contribution in [0.1, 0.15) is 49.1 Å². The molecule has 0 radical (unpaired) electrons. The molecule has 1 aliphatic heterocycles. The maximum Gasteiger partial charge on any atom is 0.191 e. The van der Waals surface area contributed by atoms with Crippen LogP contribution in [0, 0.1) is 5.82 Å². The zero-order valence-corrected chi connectivity index (χ0v) is 17.9. The molecule has 0 amide bonds. The van der Waals surface area contributed by atoms with Crippen molar-refractivity contribution in [3.63, 3.8) is 0 Å². The first kappa shape index (κ1) is 21.1. The van der Waals surface area contributed by atoms with Crippen LogP contribution >= 0.6 is 0 Å². The number of halogens is 1. The molecule has 1 aliphatic rings. The molecule has 1 aromatic heterocycles. The molecule has 1 atom stereocenters. The lowest BCUT2D eigenvalue weighted by Crippen LogP contribution is -2.41. The maximum atomic E-state index is 14.7. The number of hydrogen-bond donors (Lipinski definition) is 1. The predicted octanol–water partition coefficient (Wildman–Crippen LogP) is 4.98. The molecule has 0 saturated carbocycles. The molecule has 1 fully saturated rings. The summed E-state index contributed by atoms with van der Waals surface area (Å²) in [5.74, 6) is 1.00. The third kappa shape index (κ3) is 5.13. The van der Waals surface area contributed by atoms with Gasteiger partial charge in [0, 0.05) is 43.6 Å². The molecule has 0 bridgehead atoms. The summed E-state index contributed by atoms with van der Waals surface area (Å²) in [7, 11) is 0. The number of guanidine groups is 1. The fourth-order valence-corrected chi connectivity index (χ4v) is 3.97. The lowest BCUT2D eigenvalue weighted by atomic mass is 9.95. The first-order chi connectivity index (χ1) is 15.1. The average molecular weight is 421 g/mol. The van der Waals surface area contributed by atoms with Crippen LogP contribution in [0.2, 0.25) is 0 Å². The fourth-order valence-electron chi connectivity index (χ4n) is 3.97. The summed E-state index contributed by atoms with van der Waals surface area (Å²) >= 11 is 0. The van der Waals surface area contributed by atoms with Crippen LogP contribution in [0.5, 0.6) is 0 Å². The second kappa shape index (κ2) is 9.77. The van der Waals surface area contributed by atoms with Crippen molar-refractivity contribution >= 4 is 5.96 Å². The first-order valence-electron chi connectivity index (χ1n) is 11.0. The monoisotopic (exact) mass is 420 g/mol. The van der Waals surface area contributed by atoms with Gasteiger partial charge in [-0.25, -0.2) is 4.39 Å². The van der Waals surface area contributed by atoms with Crippen molar-refractivity contribution < 1.29 is 8.91 Å². The van der Waals surface area contributed by atoms with Crippen LogP contribution in [0.4, 0.5) is 4.39 Å². The quantitative estimate of drug-likeness (QED) is 0.451. The van der Waals surface area contributed by atoms with Gasteiger partial charge in [0.1, 0.15) is 11.6 Å². The van der Waals surface area contributed by atoms with Crippen LogP contribution in [-0.4, -0.2) is 35.7 Å². The van der Waals surface area contributed by atoms with Crippen molar-refractivity contribution in [1.29, 1.82) is 0 Å². The molecule has 162 valence electrons. The Balaban J connectivity index is 1.39. The van der Waals surface area contributed by atoms with E-state index in [2.05, 4.69) is 15.0 Å². The highest BCUT2D eigenvalue weighted by Crippen LogP contribution is 2.29. The summed E-state index contributed by atoms with van der Waals surface area (Å²) in [4.78, 5) is 6.64. The normalized spacial score (nSPS) is 15.8. The third-order valence-corrected chi connectivity index (χ3v) is 5.90. The third-order valence-electron chi connectivity index (χ3n) is 5.90. The van der Waals surface area contributed by atoms with Crippen LogP contribution < -0.4 is 5.73 Å². The van der Waals surface area contributed by atoms with Crippen LogP contribution in [0.15, 0.2) is 64.1 Å². The number of aliphatic imine (C=N–C) groups is 1. The Bertz CT molecular complexity index is 1030. The number of hydrogen-bond acceptors (Lipinski definition) is 3. The Labute approximate surface area is 182 Å². The van der Waals surface area contributed by atoms with Gasteiger partial charge in [-0.3, -0.25) is 4.99 Å². The summed E-state index contributed by atoms with van der Waals surface area (Å²) in [6.07, 6.45) is 4.27. The smallest absolute Gasteiger partial charge is 0.191 e. The van der Waals surface area contributed by atoms with Gasteiger partial charge in [-0.2, -0.15) is 0 Å². The first-order valence-corrected chi connectivity index (χ1v) is 11.0. The lowest BCUT2D eigenvalue weighted by molar-refractivity contribution is 0.338. The topological polar surface area (TPSA) is 67.7 Å². The molecule has 0 aliphatic carbocycles. The SMILES string of the molecule is CC(c1ccc(-c2ccccc2)c(F)c1)c1cc(CCN=C(N)N2CCCCC2)no1. The Morgan fingerprint density at radius 2 is 1.90 bits per heavy atom. The summed E-state index contributed by atoms with van der Waals surface area (Å²) in [5.41, 5.74) is 9.26. The van der Waals surface area contributed by atoms with Crippen LogP contribution in [-0.2, 0) is 6.42 Å². The molecule has 2 N–H and O–H groups in total. The highest BCUT2D eigenvalue weighted by Gasteiger charge is 2.17. The zero-order valence-electron chi connectivity index (χ0n) is 17.9. The minimum absolute atomic E-state index is 0.0949. The standard InChI is InChI=1S/C25H29FN4O/c1-18(20-10-11-22(23(26)16-20)19-8-4-2-5-9-19)24-17-21(29-31-24)12-13-28-25(27)30-14-6-3-7-15-30/h2,4-5,8-11,16-18H,3,6-7,12-15H2,1H3,(H2,27,28). The highest BCUT2D eigenvalue weighted by atomic mass is 19.1. The van der Waals surface area contributed by atoms with Gasteiger partial charge in [-0.05, 0) is 36.5 Å². The molecule has 31 heavy (non-hydrogen) atoms. The van der Waals surface area contributed by atoms with E-state index >= 15 is 0 Å². The van der Waals surface area contributed by atoms with Gasteiger partial charge in [0.25, 0.3) is 0 Å². The molecule has 2 heterocycles. The van der Waals surface area contributed by atoms with E-state index in [-0.39, 0.29) is 11.7 Å². The molecule has 0 spiro atoms. The van der Waals surface area contributed by atoms with E-state index in [0.29, 0.717) is 24.5 Å². The molecule has 2 aromatic carbocycles. The van der Waals surface area contributed by atoms with E-state index in [1.807, 2.05) is 55.5 Å². The summed E-state index contributed by atoms with van der Waals surface area (Å²) in [5, 5.41) is 4.17. The molecular formula is C25H29FN4O. The van der Waals surface area contributed by atoms with Gasteiger partial charge in [0.2, 0.25) is 0 Å². The molecule has 1 saturated heterocycles. The van der Waals surface area contributed by atoms with Gasteiger partial charge in [0.05, 0.1) is 5.69 Å². The van der Waals surface area contributed by atoms with E-state index < -0.39 is 0 Å². The molecule has 6 heteroatoms. The van der Waals surface area contributed by atoms with Crippen molar-refractivity contribution in [3.8, 4) is 11.1 Å². The van der Waals surface area contributed by atoms with Crippen molar-refractivity contribution in [3.05, 3.63) is 77.4 Å². The maximum absolute atomic E-state index is 14.7. The molecular weight excluding hydrogens is 391 g/mol. The molecule has 1 unspecified atom stereocenters. The number of benzene rings is 2. The van der Waals surface area contributed by atoms with E-state index in [1.54, 1.807) is 6.07 Å². The van der Waals surface area contributed by atoms with E-state index in [4.69, 9.17) is 10.3 Å². The van der Waals surface area contributed by atoms with Gasteiger partial charge in [0.15, 0.2) is 5.96 Å². The minimum Gasteiger partial charge on any atom is -0.370 e. The van der Waals surface area contributed by atoms with Crippen LogP contribution in [0.25, 0.3) is 11.1 Å². The zero-order chi connectivity index (χ0) is 21.6. The van der Waals surface area contributed by atoms with E-state index in [1.165, 1.54) is 19.3 Å². The fraction of sp³-hybridized carbons (Fsp3) is 0.360. The minimum atomic E-state index is -0.238. The van der Waals surface area contributed by atoms with Crippen LogP contribution in [0.3, 0.4) is 0 Å². The van der Waals surface area contributed by atoms with Gasteiger partial charge >= 0.3 is 0 Å². The average Bonchev–Trinajstić information content (AvgIpc) is 3.28. The van der Waals surface area contributed by atoms with Gasteiger partial charge < -0.3 is 15.2 Å². The number of likely N-dealkylation sites (tertiary alicyclic amines) is 1. The highest BCUT2D eigenvalue weighted by molar-refractivity contribution is 5.78. The Morgan fingerprint density at radius 3 is 2.65 bits per heavy atom. The Hall–Kier alpha value is -3.15. The summed E-state index contributed by atoms with van der Waals surface area (Å²) < 4.78 is 20.3. The molecule has 3 aromatic rings. The molecule has 4 rings (SSSR count). The predicted molar refractivity (Wildman–Crippen MR) is 121 cm³/mol. The van der Waals surface area contributed by atoms with Crippen molar-refractivity contribution in [2.45, 2.75) is 38.5 Å². The lowest BCUT2D eigenvalue weighted by Gasteiger charge is -2.27. The number of aromatic nitrogens is 1. The van der Waals surface area contributed by atoms with Crippen molar-refractivity contribution in [1.82, 2.24) is 10.1 Å². The summed E-state index contributed by atoms with van der Waals surface area (Å²) in [6, 6.07) is 16.8. The molecule has 5 nitrogen and oxygen atoms in total. The van der Waals surface area contributed by atoms with Crippen molar-refractivity contribution in [2.24, 2.45) is 10.7 Å². The number of rotatable bonds is 6. The van der Waals surface area contributed by atoms with Gasteiger partial charge in [-0.1, -0.05) is 54.5 Å². The second-order valence-electron chi connectivity index (χ2n) is 8.09. The summed E-state index contributed by atoms with van der Waals surface area (Å²) in [6.45, 7) is 4.54. The number of piperidine rings is 1. The van der Waals surface area contributed by atoms with E-state index in [9.17, 15) is 4.39 Å². The number of nitrogens with two attached hydrogens (primary N) is 1.